The Hall–Kier alpha value is -3.23. The van der Waals surface area contributed by atoms with E-state index in [1.54, 1.807) is 12.1 Å². The highest BCUT2D eigenvalue weighted by Crippen LogP contribution is 2.23. The molecule has 1 aliphatic heterocycles. The average molecular weight is 566 g/mol. The number of carbonyl (C=O) groups excluding carboxylic acids is 2. The quantitative estimate of drug-likeness (QED) is 0.180. The number of furan rings is 1. The summed E-state index contributed by atoms with van der Waals surface area (Å²) in [6.45, 7) is 2.42. The molecule has 1 aliphatic rings. The minimum Gasteiger partial charge on any atom is -0.455 e. The van der Waals surface area contributed by atoms with E-state index in [4.69, 9.17) is 4.42 Å². The zero-order valence-electron chi connectivity index (χ0n) is 20.9. The van der Waals surface area contributed by atoms with Crippen LogP contribution >= 0.6 is 15.9 Å². The number of halogens is 1. The number of piperidine rings is 1. The maximum absolute atomic E-state index is 13.1. The molecule has 1 fully saturated rings. The fourth-order valence-corrected chi connectivity index (χ4v) is 4.76. The third kappa shape index (κ3) is 8.13. The first-order chi connectivity index (χ1) is 18.1. The molecule has 2 heterocycles. The lowest BCUT2D eigenvalue weighted by Gasteiger charge is -2.33. The zero-order chi connectivity index (χ0) is 25.9. The molecular weight excluding hydrogens is 532 g/mol. The molecule has 1 atom stereocenters. The molecule has 0 unspecified atom stereocenters. The van der Waals surface area contributed by atoms with Crippen molar-refractivity contribution in [3.63, 3.8) is 0 Å². The Kier molecular flexibility index (Phi) is 10.1. The van der Waals surface area contributed by atoms with Gasteiger partial charge in [-0.15, -0.1) is 0 Å². The Morgan fingerprint density at radius 1 is 0.973 bits per heavy atom. The lowest BCUT2D eigenvalue weighted by Crippen LogP contribution is -2.47. The van der Waals surface area contributed by atoms with Crippen LogP contribution in [0.1, 0.15) is 54.6 Å². The number of rotatable bonds is 11. The number of hydrogen-bond acceptors (Lipinski definition) is 5. The first kappa shape index (κ1) is 26.8. The maximum atomic E-state index is 13.1. The number of hydrazone groups is 1. The zero-order valence-corrected chi connectivity index (χ0v) is 22.5. The van der Waals surface area contributed by atoms with Crippen molar-refractivity contribution in [1.82, 2.24) is 15.6 Å². The van der Waals surface area contributed by atoms with E-state index in [0.29, 0.717) is 17.9 Å². The van der Waals surface area contributed by atoms with Gasteiger partial charge in [0.25, 0.3) is 11.8 Å². The molecular formula is C29H33BrN4O3. The van der Waals surface area contributed by atoms with Crippen LogP contribution in [0.15, 0.2) is 80.7 Å². The SMILES string of the molecule is O=C(NCCCC[C@@H](C(=O)N/N=C/c1ccc(-c2ccc(Br)cc2)o1)N1CCCCC1)c1ccccc1. The standard InChI is InChI=1S/C29H33BrN4O3/c30-24-14-12-22(13-15-24)27-17-16-25(37-27)21-32-33-29(36)26(34-19-7-2-8-20-34)11-5-6-18-31-28(35)23-9-3-1-4-10-23/h1,3-4,9-10,12-17,21,26H,2,5-8,11,18-20H2,(H,31,35)(H,33,36)/b32-21+/t26-/m0/s1. The highest BCUT2D eigenvalue weighted by atomic mass is 79.9. The van der Waals surface area contributed by atoms with Crippen LogP contribution < -0.4 is 10.7 Å². The van der Waals surface area contributed by atoms with Gasteiger partial charge in [0, 0.05) is 22.1 Å². The smallest absolute Gasteiger partial charge is 0.257 e. The predicted octanol–water partition coefficient (Wildman–Crippen LogP) is 5.61. The van der Waals surface area contributed by atoms with Gasteiger partial charge in [-0.05, 0) is 81.6 Å². The molecule has 194 valence electrons. The van der Waals surface area contributed by atoms with Crippen molar-refractivity contribution in [3.05, 3.63) is 82.5 Å². The predicted molar refractivity (Wildman–Crippen MR) is 149 cm³/mol. The van der Waals surface area contributed by atoms with Crippen LogP contribution in [0.2, 0.25) is 0 Å². The molecule has 4 rings (SSSR count). The molecule has 0 bridgehead atoms. The second-order valence-electron chi connectivity index (χ2n) is 9.17. The summed E-state index contributed by atoms with van der Waals surface area (Å²) in [6.07, 6.45) is 7.31. The number of amides is 2. The van der Waals surface area contributed by atoms with E-state index in [-0.39, 0.29) is 17.9 Å². The molecule has 0 saturated carbocycles. The molecule has 7 nitrogen and oxygen atoms in total. The first-order valence-corrected chi connectivity index (χ1v) is 13.7. The van der Waals surface area contributed by atoms with Crippen molar-refractivity contribution in [2.24, 2.45) is 5.10 Å². The van der Waals surface area contributed by atoms with Gasteiger partial charge in [0.15, 0.2) is 0 Å². The van der Waals surface area contributed by atoms with Gasteiger partial charge in [-0.3, -0.25) is 14.5 Å². The molecule has 1 aromatic heterocycles. The Balaban J connectivity index is 1.27. The summed E-state index contributed by atoms with van der Waals surface area (Å²) in [5, 5.41) is 7.13. The van der Waals surface area contributed by atoms with Gasteiger partial charge in [-0.25, -0.2) is 5.43 Å². The van der Waals surface area contributed by atoms with Crippen LogP contribution in [0.4, 0.5) is 0 Å². The summed E-state index contributed by atoms with van der Waals surface area (Å²) in [7, 11) is 0. The first-order valence-electron chi connectivity index (χ1n) is 12.9. The van der Waals surface area contributed by atoms with Gasteiger partial charge in [0.2, 0.25) is 0 Å². The fraction of sp³-hybridized carbons (Fsp3) is 0.345. The lowest BCUT2D eigenvalue weighted by molar-refractivity contribution is -0.127. The minimum absolute atomic E-state index is 0.0681. The summed E-state index contributed by atoms with van der Waals surface area (Å²) in [6, 6.07) is 20.6. The molecule has 2 N–H and O–H groups in total. The number of carbonyl (C=O) groups is 2. The normalized spacial score (nSPS) is 14.9. The summed E-state index contributed by atoms with van der Waals surface area (Å²) in [5.74, 6) is 1.14. The highest BCUT2D eigenvalue weighted by molar-refractivity contribution is 9.10. The lowest BCUT2D eigenvalue weighted by atomic mass is 10.0. The Bertz CT molecular complexity index is 1170. The molecule has 0 radical (unpaired) electrons. The van der Waals surface area contributed by atoms with Crippen molar-refractivity contribution < 1.29 is 14.0 Å². The van der Waals surface area contributed by atoms with E-state index in [9.17, 15) is 9.59 Å². The number of likely N-dealkylation sites (tertiary alicyclic amines) is 1. The van der Waals surface area contributed by atoms with Crippen LogP contribution in [0.25, 0.3) is 11.3 Å². The van der Waals surface area contributed by atoms with Crippen LogP contribution in [-0.4, -0.2) is 48.6 Å². The molecule has 0 spiro atoms. The van der Waals surface area contributed by atoms with E-state index in [2.05, 4.69) is 36.7 Å². The van der Waals surface area contributed by atoms with Crippen LogP contribution in [-0.2, 0) is 4.79 Å². The largest absolute Gasteiger partial charge is 0.455 e. The van der Waals surface area contributed by atoms with Crippen LogP contribution in [0, 0.1) is 0 Å². The molecule has 37 heavy (non-hydrogen) atoms. The number of nitrogens with one attached hydrogen (secondary N) is 2. The van der Waals surface area contributed by atoms with Crippen molar-refractivity contribution in [2.75, 3.05) is 19.6 Å². The van der Waals surface area contributed by atoms with E-state index in [1.165, 1.54) is 12.6 Å². The van der Waals surface area contributed by atoms with E-state index >= 15 is 0 Å². The summed E-state index contributed by atoms with van der Waals surface area (Å²) < 4.78 is 6.86. The molecule has 8 heteroatoms. The van der Waals surface area contributed by atoms with Crippen molar-refractivity contribution >= 4 is 34.0 Å². The Labute approximate surface area is 226 Å². The van der Waals surface area contributed by atoms with Crippen molar-refractivity contribution in [2.45, 2.75) is 44.6 Å². The van der Waals surface area contributed by atoms with Gasteiger partial charge in [-0.1, -0.05) is 52.7 Å². The molecule has 2 aromatic carbocycles. The monoisotopic (exact) mass is 564 g/mol. The van der Waals surface area contributed by atoms with Crippen molar-refractivity contribution in [1.29, 1.82) is 0 Å². The van der Waals surface area contributed by atoms with E-state index in [0.717, 1.165) is 61.0 Å². The summed E-state index contributed by atoms with van der Waals surface area (Å²) in [4.78, 5) is 27.6. The third-order valence-electron chi connectivity index (χ3n) is 6.48. The third-order valence-corrected chi connectivity index (χ3v) is 7.01. The minimum atomic E-state index is -0.239. The van der Waals surface area contributed by atoms with Gasteiger partial charge in [0.1, 0.15) is 11.5 Å². The maximum Gasteiger partial charge on any atom is 0.257 e. The summed E-state index contributed by atoms with van der Waals surface area (Å²) >= 11 is 3.44. The number of nitrogens with zero attached hydrogens (tertiary/aromatic N) is 2. The van der Waals surface area contributed by atoms with E-state index in [1.807, 2.05) is 54.6 Å². The summed E-state index contributed by atoms with van der Waals surface area (Å²) in [5.41, 5.74) is 4.35. The Morgan fingerprint density at radius 3 is 2.49 bits per heavy atom. The second kappa shape index (κ2) is 13.9. The molecule has 0 aliphatic carbocycles. The van der Waals surface area contributed by atoms with Gasteiger partial charge in [-0.2, -0.15) is 5.10 Å². The number of unbranched alkanes of at least 4 members (excludes halogenated alkanes) is 1. The number of benzene rings is 2. The van der Waals surface area contributed by atoms with Crippen LogP contribution in [0.5, 0.6) is 0 Å². The van der Waals surface area contributed by atoms with E-state index < -0.39 is 0 Å². The van der Waals surface area contributed by atoms with Gasteiger partial charge < -0.3 is 9.73 Å². The average Bonchev–Trinajstić information content (AvgIpc) is 3.40. The topological polar surface area (TPSA) is 86.9 Å². The molecule has 1 saturated heterocycles. The van der Waals surface area contributed by atoms with Gasteiger partial charge >= 0.3 is 0 Å². The number of hydrogen-bond donors (Lipinski definition) is 2. The molecule has 3 aromatic rings. The van der Waals surface area contributed by atoms with Gasteiger partial charge in [0.05, 0.1) is 12.3 Å². The van der Waals surface area contributed by atoms with Crippen LogP contribution in [0.3, 0.4) is 0 Å². The molecule has 2 amide bonds. The Morgan fingerprint density at radius 2 is 1.73 bits per heavy atom. The van der Waals surface area contributed by atoms with Crippen molar-refractivity contribution in [3.8, 4) is 11.3 Å². The highest BCUT2D eigenvalue weighted by Gasteiger charge is 2.26. The fourth-order valence-electron chi connectivity index (χ4n) is 4.49. The second-order valence-corrected chi connectivity index (χ2v) is 10.1.